The van der Waals surface area contributed by atoms with Crippen LogP contribution in [0.15, 0.2) is 0 Å². The minimum atomic E-state index is -7.14. The van der Waals surface area contributed by atoms with Crippen LogP contribution in [0.4, 0.5) is 56.9 Å². The topological polar surface area (TPSA) is 18.5 Å². The van der Waals surface area contributed by atoms with Crippen LogP contribution in [0.5, 0.6) is 0 Å². The molecule has 0 N–H and O–H groups in total. The molecule has 0 aliphatic rings. The van der Waals surface area contributed by atoms with Gasteiger partial charge in [0.15, 0.2) is 0 Å². The standard InChI is InChI=1S/C8H8F13O2P/c1-24(2,21,22-3(5(9,10)11)6(12,13)14)23-4(7(15,16)17)8(18,19)20/h3-4H,1-2H3. The summed E-state index contributed by atoms with van der Waals surface area (Å²) in [5.74, 6) is 0. The first kappa shape index (κ1) is 23.4. The summed E-state index contributed by atoms with van der Waals surface area (Å²) >= 11 is 0. The maximum absolute atomic E-state index is 14.1. The Balaban J connectivity index is 5.80. The second-order valence-electron chi connectivity index (χ2n) is 4.87. The van der Waals surface area contributed by atoms with Crippen LogP contribution in [-0.4, -0.2) is 50.2 Å². The van der Waals surface area contributed by atoms with E-state index in [0.717, 1.165) is 0 Å². The van der Waals surface area contributed by atoms with Gasteiger partial charge in [-0.25, -0.2) is 0 Å². The van der Waals surface area contributed by atoms with E-state index < -0.39 is 57.6 Å². The molecule has 0 heterocycles. The zero-order chi connectivity index (χ0) is 20.0. The summed E-state index contributed by atoms with van der Waals surface area (Å²) < 4.78 is 167. The molecule has 0 spiro atoms. The van der Waals surface area contributed by atoms with Crippen molar-refractivity contribution in [2.45, 2.75) is 36.9 Å². The van der Waals surface area contributed by atoms with Gasteiger partial charge < -0.3 is 0 Å². The van der Waals surface area contributed by atoms with Crippen LogP contribution in [0.1, 0.15) is 0 Å². The Morgan fingerprint density at radius 1 is 0.542 bits per heavy atom. The van der Waals surface area contributed by atoms with Crippen LogP contribution >= 0.6 is 7.37 Å². The van der Waals surface area contributed by atoms with Crippen LogP contribution in [0.2, 0.25) is 0 Å². The fraction of sp³-hybridized carbons (Fsp3) is 1.00. The van der Waals surface area contributed by atoms with Crippen LogP contribution < -0.4 is 0 Å². The van der Waals surface area contributed by atoms with E-state index in [0.29, 0.717) is 0 Å². The molecule has 0 fully saturated rings. The number of halogens is 13. The van der Waals surface area contributed by atoms with Crippen LogP contribution in [0.3, 0.4) is 0 Å². The predicted octanol–water partition coefficient (Wildman–Crippen LogP) is 5.53. The SMILES string of the molecule is CP(C)(F)(OC(C(F)(F)F)C(F)(F)F)OC(C(F)(F)F)C(F)(F)F. The summed E-state index contributed by atoms with van der Waals surface area (Å²) in [4.78, 5) is 0. The summed E-state index contributed by atoms with van der Waals surface area (Å²) in [6, 6.07) is 0. The van der Waals surface area contributed by atoms with Gasteiger partial charge in [0.2, 0.25) is 0 Å². The van der Waals surface area contributed by atoms with Gasteiger partial charge in [-0.2, -0.15) is 0 Å². The third-order valence-corrected chi connectivity index (χ3v) is 3.58. The Morgan fingerprint density at radius 2 is 0.708 bits per heavy atom. The normalized spacial score (nSPS) is 17.3. The molecule has 148 valence electrons. The van der Waals surface area contributed by atoms with E-state index >= 15 is 0 Å². The molecule has 0 aromatic carbocycles. The van der Waals surface area contributed by atoms with E-state index in [2.05, 4.69) is 9.05 Å². The first-order valence-corrected chi connectivity index (χ1v) is 8.18. The molecule has 0 amide bonds. The molecule has 0 unspecified atom stereocenters. The Labute approximate surface area is 125 Å². The molecule has 16 heteroatoms. The third kappa shape index (κ3) is 7.13. The van der Waals surface area contributed by atoms with Crippen molar-refractivity contribution >= 4 is 7.37 Å². The van der Waals surface area contributed by atoms with Crippen molar-refractivity contribution in [1.29, 1.82) is 0 Å². The van der Waals surface area contributed by atoms with Crippen molar-refractivity contribution in [1.82, 2.24) is 0 Å². The molecule has 0 saturated heterocycles. The average molecular weight is 414 g/mol. The fourth-order valence-electron chi connectivity index (χ4n) is 1.22. The van der Waals surface area contributed by atoms with Gasteiger partial charge in [0.1, 0.15) is 0 Å². The molecular weight excluding hydrogens is 406 g/mol. The van der Waals surface area contributed by atoms with Crippen molar-refractivity contribution in [3.05, 3.63) is 0 Å². The molecule has 0 radical (unpaired) electrons. The van der Waals surface area contributed by atoms with Crippen LogP contribution in [0.25, 0.3) is 0 Å². The number of hydrogen-bond donors (Lipinski definition) is 0. The predicted molar refractivity (Wildman–Crippen MR) is 53.8 cm³/mol. The molecule has 24 heavy (non-hydrogen) atoms. The van der Waals surface area contributed by atoms with Gasteiger partial charge in [-0.1, -0.05) is 0 Å². The molecular formula is C8H8F13O2P. The zero-order valence-electron chi connectivity index (χ0n) is 11.3. The Kier molecular flexibility index (Phi) is 5.87. The molecule has 0 atom stereocenters. The van der Waals surface area contributed by atoms with E-state index in [-0.39, 0.29) is 0 Å². The van der Waals surface area contributed by atoms with Crippen molar-refractivity contribution < 1.29 is 65.9 Å². The Hall–Kier alpha value is -0.560. The first-order valence-electron chi connectivity index (χ1n) is 5.32. The van der Waals surface area contributed by atoms with E-state index in [4.69, 9.17) is 0 Å². The van der Waals surface area contributed by atoms with Gasteiger partial charge in [0.25, 0.3) is 0 Å². The Morgan fingerprint density at radius 3 is 0.833 bits per heavy atom. The second-order valence-corrected chi connectivity index (χ2v) is 8.74. The first-order chi connectivity index (χ1) is 9.95. The van der Waals surface area contributed by atoms with Gasteiger partial charge in [0.05, 0.1) is 0 Å². The average Bonchev–Trinajstić information content (AvgIpc) is 2.16. The molecule has 0 aliphatic heterocycles. The van der Waals surface area contributed by atoms with Crippen LogP contribution in [-0.2, 0) is 9.05 Å². The van der Waals surface area contributed by atoms with Gasteiger partial charge in [0, 0.05) is 0 Å². The zero-order valence-corrected chi connectivity index (χ0v) is 12.2. The molecule has 0 bridgehead atoms. The molecule has 0 aromatic rings. The van der Waals surface area contributed by atoms with Crippen molar-refractivity contribution in [3.8, 4) is 0 Å². The number of hydrogen-bond acceptors (Lipinski definition) is 2. The quantitative estimate of drug-likeness (QED) is 0.445. The summed E-state index contributed by atoms with van der Waals surface area (Å²) in [6.45, 7) is -0.916. The number of alkyl halides is 12. The number of rotatable bonds is 4. The fourth-order valence-corrected chi connectivity index (χ4v) is 2.92. The summed E-state index contributed by atoms with van der Waals surface area (Å²) in [5, 5.41) is 0. The van der Waals surface area contributed by atoms with E-state index in [1.54, 1.807) is 0 Å². The van der Waals surface area contributed by atoms with Gasteiger partial charge >= 0.3 is 124 Å². The maximum atomic E-state index is 14.1. The van der Waals surface area contributed by atoms with Gasteiger partial charge in [-0.15, -0.1) is 0 Å². The monoisotopic (exact) mass is 414 g/mol. The molecule has 0 saturated carbocycles. The van der Waals surface area contributed by atoms with Gasteiger partial charge in [-0.05, 0) is 0 Å². The van der Waals surface area contributed by atoms with Gasteiger partial charge in [-0.3, -0.25) is 0 Å². The molecule has 0 aliphatic carbocycles. The van der Waals surface area contributed by atoms with E-state index in [1.807, 2.05) is 0 Å². The summed E-state index contributed by atoms with van der Waals surface area (Å²) in [6.07, 6.45) is -35.4. The van der Waals surface area contributed by atoms with E-state index in [9.17, 15) is 56.9 Å². The van der Waals surface area contributed by atoms with Crippen molar-refractivity contribution in [3.63, 3.8) is 0 Å². The second kappa shape index (κ2) is 6.01. The summed E-state index contributed by atoms with van der Waals surface area (Å²) in [7, 11) is -7.14. The van der Waals surface area contributed by atoms with Crippen molar-refractivity contribution in [2.75, 3.05) is 13.3 Å². The van der Waals surface area contributed by atoms with Crippen LogP contribution in [0, 0.1) is 0 Å². The third-order valence-electron chi connectivity index (χ3n) is 1.99. The minimum absolute atomic E-state index is 0.458. The van der Waals surface area contributed by atoms with Crippen molar-refractivity contribution in [2.24, 2.45) is 0 Å². The van der Waals surface area contributed by atoms with E-state index in [1.165, 1.54) is 0 Å². The molecule has 2 nitrogen and oxygen atoms in total. The summed E-state index contributed by atoms with van der Waals surface area (Å²) in [5.41, 5.74) is 0. The Bertz CT molecular complexity index is 371. The molecule has 0 aromatic heterocycles. The molecule has 0 rings (SSSR count).